The van der Waals surface area contributed by atoms with Crippen molar-refractivity contribution in [2.24, 2.45) is 7.05 Å². The molecule has 0 aliphatic rings. The van der Waals surface area contributed by atoms with Gasteiger partial charge in [0.05, 0.1) is 5.69 Å². The van der Waals surface area contributed by atoms with Gasteiger partial charge >= 0.3 is 0 Å². The molecular weight excluding hydrogens is 312 g/mol. The second-order valence-corrected chi connectivity index (χ2v) is 6.62. The van der Waals surface area contributed by atoms with E-state index in [1.807, 2.05) is 37.7 Å². The smallest absolute Gasteiger partial charge is 0.224 e. The lowest BCUT2D eigenvalue weighted by atomic mass is 10.1. The molecule has 0 fully saturated rings. The van der Waals surface area contributed by atoms with Crippen molar-refractivity contribution in [3.05, 3.63) is 46.9 Å². The SMILES string of the molecule is CCn1c(C)cc2cc(NC(=O)CCc3c(C)nn(C)c3C)ccc21. The van der Waals surface area contributed by atoms with E-state index in [0.29, 0.717) is 12.8 Å². The third-order valence-electron chi connectivity index (χ3n) is 4.97. The van der Waals surface area contributed by atoms with Gasteiger partial charge in [-0.05, 0) is 63.9 Å². The van der Waals surface area contributed by atoms with Crippen LogP contribution in [0.5, 0.6) is 0 Å². The van der Waals surface area contributed by atoms with Crippen molar-refractivity contribution in [3.8, 4) is 0 Å². The minimum Gasteiger partial charge on any atom is -0.345 e. The Bertz CT molecular complexity index is 933. The summed E-state index contributed by atoms with van der Waals surface area (Å²) in [4.78, 5) is 12.3. The van der Waals surface area contributed by atoms with Gasteiger partial charge in [0.25, 0.3) is 0 Å². The number of benzene rings is 1. The molecule has 5 nitrogen and oxygen atoms in total. The molecule has 25 heavy (non-hydrogen) atoms. The summed E-state index contributed by atoms with van der Waals surface area (Å²) >= 11 is 0. The van der Waals surface area contributed by atoms with Gasteiger partial charge in [0, 0.05) is 48.0 Å². The molecule has 0 saturated carbocycles. The summed E-state index contributed by atoms with van der Waals surface area (Å²) in [5, 5.41) is 8.59. The zero-order valence-electron chi connectivity index (χ0n) is 15.7. The monoisotopic (exact) mass is 338 g/mol. The normalized spacial score (nSPS) is 11.2. The average molecular weight is 338 g/mol. The summed E-state index contributed by atoms with van der Waals surface area (Å²) in [5.41, 5.74) is 6.60. The molecule has 132 valence electrons. The van der Waals surface area contributed by atoms with Crippen LogP contribution in [0.2, 0.25) is 0 Å². The first-order valence-corrected chi connectivity index (χ1v) is 8.79. The molecule has 0 aliphatic heterocycles. The van der Waals surface area contributed by atoms with Crippen molar-refractivity contribution in [2.75, 3.05) is 5.32 Å². The fourth-order valence-corrected chi connectivity index (χ4v) is 3.55. The minimum atomic E-state index is 0.0358. The van der Waals surface area contributed by atoms with E-state index in [1.165, 1.54) is 16.8 Å². The average Bonchev–Trinajstić information content (AvgIpc) is 3.00. The number of fused-ring (bicyclic) bond motifs is 1. The fourth-order valence-electron chi connectivity index (χ4n) is 3.55. The van der Waals surface area contributed by atoms with E-state index in [4.69, 9.17) is 0 Å². The van der Waals surface area contributed by atoms with Gasteiger partial charge in [-0.2, -0.15) is 5.10 Å². The van der Waals surface area contributed by atoms with Gasteiger partial charge in [0.1, 0.15) is 0 Å². The lowest BCUT2D eigenvalue weighted by Crippen LogP contribution is -2.12. The molecule has 5 heteroatoms. The maximum Gasteiger partial charge on any atom is 0.224 e. The Morgan fingerprint density at radius 1 is 1.20 bits per heavy atom. The maximum absolute atomic E-state index is 12.3. The van der Waals surface area contributed by atoms with Gasteiger partial charge < -0.3 is 9.88 Å². The number of hydrogen-bond acceptors (Lipinski definition) is 2. The Hall–Kier alpha value is -2.56. The molecule has 0 spiro atoms. The molecule has 0 saturated heterocycles. The van der Waals surface area contributed by atoms with E-state index in [1.54, 1.807) is 0 Å². The second-order valence-electron chi connectivity index (χ2n) is 6.62. The summed E-state index contributed by atoms with van der Waals surface area (Å²) in [6, 6.07) is 8.27. The Morgan fingerprint density at radius 2 is 1.96 bits per heavy atom. The molecule has 1 aromatic carbocycles. The largest absolute Gasteiger partial charge is 0.345 e. The zero-order chi connectivity index (χ0) is 18.1. The third-order valence-corrected chi connectivity index (χ3v) is 4.97. The summed E-state index contributed by atoms with van der Waals surface area (Å²) in [5.74, 6) is 0.0358. The number of nitrogens with one attached hydrogen (secondary N) is 1. The summed E-state index contributed by atoms with van der Waals surface area (Å²) in [6.07, 6.45) is 1.17. The zero-order valence-corrected chi connectivity index (χ0v) is 15.7. The predicted molar refractivity (Wildman–Crippen MR) is 102 cm³/mol. The highest BCUT2D eigenvalue weighted by molar-refractivity contribution is 5.94. The van der Waals surface area contributed by atoms with Gasteiger partial charge in [-0.3, -0.25) is 9.48 Å². The Morgan fingerprint density at radius 3 is 2.60 bits per heavy atom. The highest BCUT2D eigenvalue weighted by atomic mass is 16.1. The number of aryl methyl sites for hydroxylation is 4. The lowest BCUT2D eigenvalue weighted by molar-refractivity contribution is -0.116. The number of rotatable bonds is 5. The quantitative estimate of drug-likeness (QED) is 0.767. The van der Waals surface area contributed by atoms with E-state index in [-0.39, 0.29) is 5.91 Å². The van der Waals surface area contributed by atoms with Crippen molar-refractivity contribution in [1.29, 1.82) is 0 Å². The van der Waals surface area contributed by atoms with Crippen molar-refractivity contribution < 1.29 is 4.79 Å². The Balaban J connectivity index is 1.69. The van der Waals surface area contributed by atoms with Crippen LogP contribution in [0.25, 0.3) is 10.9 Å². The van der Waals surface area contributed by atoms with Crippen molar-refractivity contribution in [1.82, 2.24) is 14.3 Å². The molecule has 0 radical (unpaired) electrons. The number of anilines is 1. The van der Waals surface area contributed by atoms with Gasteiger partial charge in [0.15, 0.2) is 0 Å². The molecule has 0 atom stereocenters. The lowest BCUT2D eigenvalue weighted by Gasteiger charge is -2.07. The van der Waals surface area contributed by atoms with Crippen LogP contribution >= 0.6 is 0 Å². The molecule has 3 rings (SSSR count). The molecule has 0 unspecified atom stereocenters. The van der Waals surface area contributed by atoms with E-state index in [9.17, 15) is 4.79 Å². The van der Waals surface area contributed by atoms with Crippen LogP contribution in [-0.2, 0) is 24.8 Å². The highest BCUT2D eigenvalue weighted by Crippen LogP contribution is 2.23. The fraction of sp³-hybridized carbons (Fsp3) is 0.400. The number of carbonyl (C=O) groups is 1. The van der Waals surface area contributed by atoms with Crippen LogP contribution < -0.4 is 5.32 Å². The van der Waals surface area contributed by atoms with Crippen molar-refractivity contribution in [2.45, 2.75) is 47.1 Å². The molecule has 2 aromatic heterocycles. The van der Waals surface area contributed by atoms with Crippen molar-refractivity contribution >= 4 is 22.5 Å². The van der Waals surface area contributed by atoms with Crippen LogP contribution in [0.4, 0.5) is 5.69 Å². The van der Waals surface area contributed by atoms with Crippen LogP contribution in [0.3, 0.4) is 0 Å². The number of carbonyl (C=O) groups excluding carboxylic acids is 1. The predicted octanol–water partition coefficient (Wildman–Crippen LogP) is 3.89. The van der Waals surface area contributed by atoms with E-state index >= 15 is 0 Å². The number of nitrogens with zero attached hydrogens (tertiary/aromatic N) is 3. The maximum atomic E-state index is 12.3. The number of aromatic nitrogens is 3. The number of hydrogen-bond donors (Lipinski definition) is 1. The molecule has 2 heterocycles. The molecule has 1 amide bonds. The summed E-state index contributed by atoms with van der Waals surface area (Å²) in [6.45, 7) is 9.24. The highest BCUT2D eigenvalue weighted by Gasteiger charge is 2.12. The second kappa shape index (κ2) is 6.75. The summed E-state index contributed by atoms with van der Waals surface area (Å²) in [7, 11) is 1.94. The molecular formula is C20H26N4O. The Kier molecular flexibility index (Phi) is 4.66. The van der Waals surface area contributed by atoms with Gasteiger partial charge in [0.2, 0.25) is 5.91 Å². The third kappa shape index (κ3) is 3.31. The van der Waals surface area contributed by atoms with Gasteiger partial charge in [-0.1, -0.05) is 0 Å². The van der Waals surface area contributed by atoms with Crippen LogP contribution in [0.1, 0.15) is 36.0 Å². The standard InChI is InChI=1S/C20H26N4O/c1-6-24-13(2)11-16-12-17(7-9-19(16)24)21-20(25)10-8-18-14(3)22-23(5)15(18)4/h7,9,11-12H,6,8,10H2,1-5H3,(H,21,25). The molecule has 3 aromatic rings. The number of amides is 1. The van der Waals surface area contributed by atoms with Gasteiger partial charge in [-0.15, -0.1) is 0 Å². The first-order chi connectivity index (χ1) is 11.9. The first kappa shape index (κ1) is 17.3. The van der Waals surface area contributed by atoms with Crippen LogP contribution in [0, 0.1) is 20.8 Å². The first-order valence-electron chi connectivity index (χ1n) is 8.79. The van der Waals surface area contributed by atoms with E-state index in [0.717, 1.165) is 29.0 Å². The molecule has 0 bridgehead atoms. The van der Waals surface area contributed by atoms with Crippen molar-refractivity contribution in [3.63, 3.8) is 0 Å². The molecule has 0 aliphatic carbocycles. The van der Waals surface area contributed by atoms with Gasteiger partial charge in [-0.25, -0.2) is 0 Å². The van der Waals surface area contributed by atoms with E-state index in [2.05, 4.69) is 41.0 Å². The van der Waals surface area contributed by atoms with Crippen LogP contribution in [0.15, 0.2) is 24.3 Å². The Labute approximate surface area is 148 Å². The minimum absolute atomic E-state index is 0.0358. The van der Waals surface area contributed by atoms with Crippen LogP contribution in [-0.4, -0.2) is 20.3 Å². The van der Waals surface area contributed by atoms with E-state index < -0.39 is 0 Å². The topological polar surface area (TPSA) is 51.9 Å². The molecule has 1 N–H and O–H groups in total. The summed E-state index contributed by atoms with van der Waals surface area (Å²) < 4.78 is 4.14.